The van der Waals surface area contributed by atoms with Crippen molar-refractivity contribution in [3.8, 4) is 11.8 Å². The van der Waals surface area contributed by atoms with Crippen molar-refractivity contribution in [1.29, 1.82) is 0 Å². The lowest BCUT2D eigenvalue weighted by Gasteiger charge is -2.10. The molecule has 0 amide bonds. The van der Waals surface area contributed by atoms with Crippen molar-refractivity contribution in [1.82, 2.24) is 0 Å². The second-order valence-electron chi connectivity index (χ2n) is 5.05. The van der Waals surface area contributed by atoms with Crippen molar-refractivity contribution in [2.75, 3.05) is 6.54 Å². The maximum atomic E-state index is 5.62. The van der Waals surface area contributed by atoms with Crippen molar-refractivity contribution < 1.29 is 0 Å². The van der Waals surface area contributed by atoms with Gasteiger partial charge in [0.25, 0.3) is 0 Å². The molecule has 0 bridgehead atoms. The summed E-state index contributed by atoms with van der Waals surface area (Å²) in [6, 6.07) is 14.5. The average Bonchev–Trinajstić information content (AvgIpc) is 2.48. The van der Waals surface area contributed by atoms with Crippen LogP contribution >= 0.6 is 0 Å². The van der Waals surface area contributed by atoms with Crippen LogP contribution in [0.25, 0.3) is 0 Å². The lowest BCUT2D eigenvalue weighted by Crippen LogP contribution is -2.03. The highest BCUT2D eigenvalue weighted by atomic mass is 14.5. The molecule has 2 aromatic rings. The zero-order chi connectivity index (χ0) is 14.4. The molecule has 102 valence electrons. The first-order valence-corrected chi connectivity index (χ1v) is 7.08. The van der Waals surface area contributed by atoms with E-state index in [0.29, 0.717) is 0 Å². The van der Waals surface area contributed by atoms with Crippen LogP contribution in [0.15, 0.2) is 42.5 Å². The number of hydrogen-bond donors (Lipinski definition) is 1. The van der Waals surface area contributed by atoms with Gasteiger partial charge in [-0.1, -0.05) is 42.2 Å². The molecule has 0 aromatic heterocycles. The van der Waals surface area contributed by atoms with Gasteiger partial charge in [0.05, 0.1) is 0 Å². The first-order valence-electron chi connectivity index (χ1n) is 7.08. The van der Waals surface area contributed by atoms with Gasteiger partial charge in [-0.15, -0.1) is 0 Å². The molecule has 2 N–H and O–H groups in total. The zero-order valence-corrected chi connectivity index (χ0v) is 12.2. The third-order valence-corrected chi connectivity index (χ3v) is 3.58. The van der Waals surface area contributed by atoms with Crippen LogP contribution < -0.4 is 5.73 Å². The normalized spacial score (nSPS) is 9.95. The summed E-state index contributed by atoms with van der Waals surface area (Å²) in [7, 11) is 0. The van der Waals surface area contributed by atoms with Gasteiger partial charge in [-0.25, -0.2) is 0 Å². The SMILES string of the molecule is Cc1ccc(CCCN)c(C#Cc2ccccc2)c1C. The van der Waals surface area contributed by atoms with Crippen LogP contribution in [-0.4, -0.2) is 6.54 Å². The Morgan fingerprint density at radius 1 is 0.950 bits per heavy atom. The highest BCUT2D eigenvalue weighted by molar-refractivity contribution is 5.52. The summed E-state index contributed by atoms with van der Waals surface area (Å²) < 4.78 is 0. The lowest BCUT2D eigenvalue weighted by atomic mass is 9.95. The van der Waals surface area contributed by atoms with E-state index in [1.54, 1.807) is 0 Å². The number of benzene rings is 2. The maximum absolute atomic E-state index is 5.62. The van der Waals surface area contributed by atoms with E-state index in [0.717, 1.165) is 24.9 Å². The van der Waals surface area contributed by atoms with Gasteiger partial charge in [0, 0.05) is 11.1 Å². The average molecular weight is 263 g/mol. The number of nitrogens with two attached hydrogens (primary N) is 1. The van der Waals surface area contributed by atoms with Crippen molar-refractivity contribution in [3.63, 3.8) is 0 Å². The largest absolute Gasteiger partial charge is 0.330 e. The number of hydrogen-bond acceptors (Lipinski definition) is 1. The Morgan fingerprint density at radius 2 is 1.70 bits per heavy atom. The fourth-order valence-electron chi connectivity index (χ4n) is 2.20. The molecule has 0 fully saturated rings. The highest BCUT2D eigenvalue weighted by Gasteiger charge is 2.05. The van der Waals surface area contributed by atoms with E-state index in [1.165, 1.54) is 22.3 Å². The Labute approximate surface area is 121 Å². The van der Waals surface area contributed by atoms with Gasteiger partial charge >= 0.3 is 0 Å². The molecule has 1 nitrogen and oxygen atoms in total. The van der Waals surface area contributed by atoms with Gasteiger partial charge in [-0.3, -0.25) is 0 Å². The Balaban J connectivity index is 2.39. The number of rotatable bonds is 3. The molecule has 0 atom stereocenters. The summed E-state index contributed by atoms with van der Waals surface area (Å²) in [6.07, 6.45) is 2.00. The molecular formula is C19H21N. The monoisotopic (exact) mass is 263 g/mol. The minimum absolute atomic E-state index is 0.721. The Hall–Kier alpha value is -2.04. The van der Waals surface area contributed by atoms with Crippen molar-refractivity contribution in [3.05, 3.63) is 70.3 Å². The lowest BCUT2D eigenvalue weighted by molar-refractivity contribution is 0.829. The second kappa shape index (κ2) is 6.93. The Bertz CT molecular complexity index is 630. The summed E-state index contributed by atoms with van der Waals surface area (Å²) in [5.74, 6) is 6.62. The number of aryl methyl sites for hydroxylation is 2. The molecule has 0 saturated heterocycles. The predicted molar refractivity (Wildman–Crippen MR) is 85.7 cm³/mol. The highest BCUT2D eigenvalue weighted by Crippen LogP contribution is 2.19. The summed E-state index contributed by atoms with van der Waals surface area (Å²) in [5.41, 5.74) is 11.7. The third-order valence-electron chi connectivity index (χ3n) is 3.58. The maximum Gasteiger partial charge on any atom is 0.0312 e. The summed E-state index contributed by atoms with van der Waals surface area (Å²) in [6.45, 7) is 5.00. The van der Waals surface area contributed by atoms with E-state index in [-0.39, 0.29) is 0 Å². The molecular weight excluding hydrogens is 242 g/mol. The van der Waals surface area contributed by atoms with Gasteiger partial charge in [-0.2, -0.15) is 0 Å². The molecule has 0 aliphatic heterocycles. The van der Waals surface area contributed by atoms with Crippen LogP contribution in [0.5, 0.6) is 0 Å². The zero-order valence-electron chi connectivity index (χ0n) is 12.2. The van der Waals surface area contributed by atoms with Crippen LogP contribution in [-0.2, 0) is 6.42 Å². The topological polar surface area (TPSA) is 26.0 Å². The summed E-state index contributed by atoms with van der Waals surface area (Å²) >= 11 is 0. The van der Waals surface area contributed by atoms with E-state index in [2.05, 4.69) is 37.8 Å². The summed E-state index contributed by atoms with van der Waals surface area (Å²) in [5, 5.41) is 0. The molecule has 0 unspecified atom stereocenters. The van der Waals surface area contributed by atoms with E-state index < -0.39 is 0 Å². The minimum atomic E-state index is 0.721. The molecule has 0 spiro atoms. The van der Waals surface area contributed by atoms with Gasteiger partial charge in [0.15, 0.2) is 0 Å². The fraction of sp³-hybridized carbons (Fsp3) is 0.263. The van der Waals surface area contributed by atoms with Crippen LogP contribution in [0, 0.1) is 25.7 Å². The van der Waals surface area contributed by atoms with Crippen molar-refractivity contribution in [2.45, 2.75) is 26.7 Å². The predicted octanol–water partition coefficient (Wildman–Crippen LogP) is 3.59. The van der Waals surface area contributed by atoms with E-state index >= 15 is 0 Å². The second-order valence-corrected chi connectivity index (χ2v) is 5.05. The van der Waals surface area contributed by atoms with Gasteiger partial charge in [0.1, 0.15) is 0 Å². The first-order chi connectivity index (χ1) is 9.72. The van der Waals surface area contributed by atoms with Crippen molar-refractivity contribution in [2.24, 2.45) is 5.73 Å². The van der Waals surface area contributed by atoms with Crippen LogP contribution in [0.4, 0.5) is 0 Å². The first kappa shape index (κ1) is 14.4. The van der Waals surface area contributed by atoms with Crippen LogP contribution in [0.3, 0.4) is 0 Å². The van der Waals surface area contributed by atoms with E-state index in [1.807, 2.05) is 30.3 Å². The Kier molecular flexibility index (Phi) is 4.98. The fourth-order valence-corrected chi connectivity index (χ4v) is 2.20. The molecule has 1 heteroatoms. The quantitative estimate of drug-likeness (QED) is 0.841. The Morgan fingerprint density at radius 3 is 2.40 bits per heavy atom. The molecule has 0 radical (unpaired) electrons. The van der Waals surface area contributed by atoms with Gasteiger partial charge < -0.3 is 5.73 Å². The molecule has 2 rings (SSSR count). The minimum Gasteiger partial charge on any atom is -0.330 e. The van der Waals surface area contributed by atoms with Crippen LogP contribution in [0.2, 0.25) is 0 Å². The van der Waals surface area contributed by atoms with Crippen molar-refractivity contribution >= 4 is 0 Å². The van der Waals surface area contributed by atoms with Gasteiger partial charge in [-0.05, 0) is 62.1 Å². The molecule has 0 heterocycles. The molecule has 0 aliphatic carbocycles. The summed E-state index contributed by atoms with van der Waals surface area (Å²) in [4.78, 5) is 0. The third kappa shape index (κ3) is 3.50. The smallest absolute Gasteiger partial charge is 0.0312 e. The molecule has 2 aromatic carbocycles. The van der Waals surface area contributed by atoms with Gasteiger partial charge in [0.2, 0.25) is 0 Å². The standard InChI is InChI=1S/C19H21N/c1-15-10-12-18(9-6-14-20)19(16(15)2)13-11-17-7-4-3-5-8-17/h3-5,7-8,10,12H,6,9,14,20H2,1-2H3. The van der Waals surface area contributed by atoms with E-state index in [9.17, 15) is 0 Å². The molecule has 20 heavy (non-hydrogen) atoms. The van der Waals surface area contributed by atoms with Crippen LogP contribution in [0.1, 0.15) is 34.2 Å². The van der Waals surface area contributed by atoms with E-state index in [4.69, 9.17) is 5.73 Å². The molecule has 0 aliphatic rings. The molecule has 0 saturated carbocycles.